The molecule has 0 aromatic heterocycles. The number of aldehydes is 1. The molecule has 114 valence electrons. The Hall–Kier alpha value is -1.64. The molecule has 0 unspecified atom stereocenters. The first-order valence-electron chi connectivity index (χ1n) is 7.67. The summed E-state index contributed by atoms with van der Waals surface area (Å²) >= 11 is 0. The summed E-state index contributed by atoms with van der Waals surface area (Å²) < 4.78 is 5.68. The van der Waals surface area contributed by atoms with Crippen molar-refractivity contribution >= 4 is 12.3 Å². The Kier molecular flexibility index (Phi) is 4.50. The molecule has 0 spiro atoms. The van der Waals surface area contributed by atoms with Crippen molar-refractivity contribution in [2.75, 3.05) is 0 Å². The first-order chi connectivity index (χ1) is 9.87. The van der Waals surface area contributed by atoms with E-state index in [1.54, 1.807) is 12.1 Å². The molecule has 1 saturated carbocycles. The average molecular weight is 288 g/mol. The number of hydrogen-bond donors (Lipinski definition) is 0. The van der Waals surface area contributed by atoms with Crippen LogP contribution in [0.25, 0.3) is 0 Å². The van der Waals surface area contributed by atoms with E-state index < -0.39 is 11.0 Å². The van der Waals surface area contributed by atoms with Gasteiger partial charge in [0, 0.05) is 5.56 Å². The third-order valence-corrected chi connectivity index (χ3v) is 4.10. The number of ether oxygens (including phenoxy) is 1. The maximum atomic E-state index is 12.8. The van der Waals surface area contributed by atoms with Crippen LogP contribution in [0.3, 0.4) is 0 Å². The molecule has 0 heterocycles. The lowest BCUT2D eigenvalue weighted by Crippen LogP contribution is -2.42. The van der Waals surface area contributed by atoms with Gasteiger partial charge < -0.3 is 4.74 Å². The summed E-state index contributed by atoms with van der Waals surface area (Å²) in [6.07, 6.45) is 5.70. The van der Waals surface area contributed by atoms with Crippen molar-refractivity contribution in [1.29, 1.82) is 0 Å². The van der Waals surface area contributed by atoms with Crippen molar-refractivity contribution < 1.29 is 14.3 Å². The highest BCUT2D eigenvalue weighted by Crippen LogP contribution is 2.41. The third-order valence-electron chi connectivity index (χ3n) is 4.10. The Morgan fingerprint density at radius 1 is 1.10 bits per heavy atom. The molecule has 0 radical (unpaired) electrons. The molecule has 2 rings (SSSR count). The van der Waals surface area contributed by atoms with Crippen molar-refractivity contribution in [2.45, 2.75) is 63.9 Å². The monoisotopic (exact) mass is 288 g/mol. The van der Waals surface area contributed by atoms with E-state index in [4.69, 9.17) is 4.74 Å². The van der Waals surface area contributed by atoms with Gasteiger partial charge in [-0.1, -0.05) is 43.5 Å². The molecule has 1 fully saturated rings. The van der Waals surface area contributed by atoms with Gasteiger partial charge in [-0.3, -0.25) is 9.59 Å². The number of esters is 1. The first kappa shape index (κ1) is 15.7. The molecule has 3 heteroatoms. The normalized spacial score (nSPS) is 18.0. The Bertz CT molecular complexity index is 502. The van der Waals surface area contributed by atoms with Crippen molar-refractivity contribution in [3.8, 4) is 0 Å². The van der Waals surface area contributed by atoms with E-state index in [1.165, 1.54) is 0 Å². The fourth-order valence-electron chi connectivity index (χ4n) is 3.02. The predicted molar refractivity (Wildman–Crippen MR) is 82.4 cm³/mol. The summed E-state index contributed by atoms with van der Waals surface area (Å²) in [5.74, 6) is -0.131. The van der Waals surface area contributed by atoms with Crippen molar-refractivity contribution in [3.05, 3.63) is 35.4 Å². The van der Waals surface area contributed by atoms with Gasteiger partial charge >= 0.3 is 5.97 Å². The molecule has 0 N–H and O–H groups in total. The van der Waals surface area contributed by atoms with Crippen LogP contribution in [0.2, 0.25) is 0 Å². The fourth-order valence-corrected chi connectivity index (χ4v) is 3.02. The van der Waals surface area contributed by atoms with E-state index in [9.17, 15) is 9.59 Å². The fraction of sp³-hybridized carbons (Fsp3) is 0.556. The molecule has 1 aromatic rings. The smallest absolute Gasteiger partial charge is 0.317 e. The van der Waals surface area contributed by atoms with E-state index in [2.05, 4.69) is 0 Å². The van der Waals surface area contributed by atoms with Crippen LogP contribution >= 0.6 is 0 Å². The van der Waals surface area contributed by atoms with E-state index in [0.29, 0.717) is 5.56 Å². The Labute approximate surface area is 126 Å². The van der Waals surface area contributed by atoms with E-state index in [-0.39, 0.29) is 5.97 Å². The molecule has 3 nitrogen and oxygen atoms in total. The summed E-state index contributed by atoms with van der Waals surface area (Å²) in [7, 11) is 0. The maximum absolute atomic E-state index is 12.8. The first-order valence-corrected chi connectivity index (χ1v) is 7.67. The van der Waals surface area contributed by atoms with Gasteiger partial charge in [0.1, 0.15) is 11.9 Å². The summed E-state index contributed by atoms with van der Waals surface area (Å²) in [6.45, 7) is 5.70. The zero-order valence-electron chi connectivity index (χ0n) is 13.1. The van der Waals surface area contributed by atoms with Crippen LogP contribution in [-0.4, -0.2) is 17.9 Å². The highest BCUT2D eigenvalue weighted by atomic mass is 16.6. The second-order valence-electron chi connectivity index (χ2n) is 6.88. The lowest BCUT2D eigenvalue weighted by molar-refractivity contribution is -0.163. The topological polar surface area (TPSA) is 43.4 Å². The van der Waals surface area contributed by atoms with Crippen LogP contribution in [0, 0.1) is 0 Å². The summed E-state index contributed by atoms with van der Waals surface area (Å²) in [4.78, 5) is 23.6. The molecule has 0 amide bonds. The molecular weight excluding hydrogens is 264 g/mol. The van der Waals surface area contributed by atoms with Crippen molar-refractivity contribution in [1.82, 2.24) is 0 Å². The number of rotatable bonds is 3. The van der Waals surface area contributed by atoms with Gasteiger partial charge in [-0.15, -0.1) is 0 Å². The van der Waals surface area contributed by atoms with Crippen LogP contribution in [-0.2, 0) is 14.9 Å². The van der Waals surface area contributed by atoms with Crippen LogP contribution in [0.1, 0.15) is 68.8 Å². The molecule has 1 aliphatic carbocycles. The van der Waals surface area contributed by atoms with Gasteiger partial charge in [0.05, 0.1) is 5.41 Å². The molecule has 0 bridgehead atoms. The standard InChI is InChI=1S/C18H24O3/c1-17(2,3)21-16(20)18(11-5-4-6-12-18)15-9-7-14(13-19)8-10-15/h7-10,13H,4-6,11-12H2,1-3H3. The van der Waals surface area contributed by atoms with Gasteiger partial charge in [-0.05, 0) is 39.2 Å². The third kappa shape index (κ3) is 3.52. The maximum Gasteiger partial charge on any atom is 0.317 e. The summed E-state index contributed by atoms with van der Waals surface area (Å²) in [5, 5.41) is 0. The number of carbonyl (C=O) groups excluding carboxylic acids is 2. The van der Waals surface area contributed by atoms with E-state index >= 15 is 0 Å². The van der Waals surface area contributed by atoms with E-state index in [1.807, 2.05) is 32.9 Å². The molecule has 0 aliphatic heterocycles. The molecule has 0 saturated heterocycles. The van der Waals surface area contributed by atoms with E-state index in [0.717, 1.165) is 44.0 Å². The minimum Gasteiger partial charge on any atom is -0.459 e. The van der Waals surface area contributed by atoms with Crippen LogP contribution in [0.5, 0.6) is 0 Å². The molecule has 21 heavy (non-hydrogen) atoms. The largest absolute Gasteiger partial charge is 0.459 e. The van der Waals surface area contributed by atoms with Gasteiger partial charge in [0.2, 0.25) is 0 Å². The molecule has 0 atom stereocenters. The Morgan fingerprint density at radius 3 is 2.14 bits per heavy atom. The molecule has 1 aliphatic rings. The predicted octanol–water partition coefficient (Wildman–Crippen LogP) is 4.04. The van der Waals surface area contributed by atoms with Gasteiger partial charge in [-0.25, -0.2) is 0 Å². The van der Waals surface area contributed by atoms with Crippen LogP contribution in [0.4, 0.5) is 0 Å². The minimum atomic E-state index is -0.549. The second kappa shape index (κ2) is 6.00. The molecular formula is C18H24O3. The number of benzene rings is 1. The quantitative estimate of drug-likeness (QED) is 0.622. The SMILES string of the molecule is CC(C)(C)OC(=O)C1(c2ccc(C=O)cc2)CCCCC1. The number of hydrogen-bond acceptors (Lipinski definition) is 3. The lowest BCUT2D eigenvalue weighted by Gasteiger charge is -2.37. The van der Waals surface area contributed by atoms with Crippen molar-refractivity contribution in [2.24, 2.45) is 0 Å². The lowest BCUT2D eigenvalue weighted by atomic mass is 9.69. The van der Waals surface area contributed by atoms with Crippen molar-refractivity contribution in [3.63, 3.8) is 0 Å². The highest BCUT2D eigenvalue weighted by molar-refractivity contribution is 5.84. The Balaban J connectivity index is 2.36. The molecule has 1 aromatic carbocycles. The minimum absolute atomic E-state index is 0.131. The zero-order valence-corrected chi connectivity index (χ0v) is 13.1. The van der Waals surface area contributed by atoms with Crippen LogP contribution < -0.4 is 0 Å². The highest BCUT2D eigenvalue weighted by Gasteiger charge is 2.43. The van der Waals surface area contributed by atoms with Gasteiger partial charge in [0.15, 0.2) is 0 Å². The zero-order chi connectivity index (χ0) is 15.5. The van der Waals surface area contributed by atoms with Gasteiger partial charge in [0.25, 0.3) is 0 Å². The summed E-state index contributed by atoms with van der Waals surface area (Å²) in [6, 6.07) is 7.37. The van der Waals surface area contributed by atoms with Gasteiger partial charge in [-0.2, -0.15) is 0 Å². The summed E-state index contributed by atoms with van der Waals surface area (Å²) in [5.41, 5.74) is 0.577. The average Bonchev–Trinajstić information content (AvgIpc) is 2.46. The number of carbonyl (C=O) groups is 2. The van der Waals surface area contributed by atoms with Crippen LogP contribution in [0.15, 0.2) is 24.3 Å². The Morgan fingerprint density at radius 2 is 1.67 bits per heavy atom. The second-order valence-corrected chi connectivity index (χ2v) is 6.88.